The van der Waals surface area contributed by atoms with Crippen molar-refractivity contribution < 1.29 is 0 Å². The summed E-state index contributed by atoms with van der Waals surface area (Å²) in [5, 5.41) is 0. The van der Waals surface area contributed by atoms with Crippen molar-refractivity contribution in [2.24, 2.45) is 4.99 Å². The Kier molecular flexibility index (Phi) is 5.79. The van der Waals surface area contributed by atoms with E-state index in [9.17, 15) is 0 Å². The lowest BCUT2D eigenvalue weighted by Gasteiger charge is -2.21. The summed E-state index contributed by atoms with van der Waals surface area (Å²) in [5.74, 6) is 0.232. The molecule has 0 heterocycles. The number of benzene rings is 4. The summed E-state index contributed by atoms with van der Waals surface area (Å²) < 4.78 is 0. The van der Waals surface area contributed by atoms with Gasteiger partial charge in [-0.05, 0) is 71.4 Å². The molecule has 162 valence electrons. The van der Waals surface area contributed by atoms with Crippen LogP contribution in [0.25, 0.3) is 11.6 Å². The predicted molar refractivity (Wildman–Crippen MR) is 142 cm³/mol. The lowest BCUT2D eigenvalue weighted by molar-refractivity contribution is 1.03. The molecule has 0 saturated carbocycles. The predicted octanol–water partition coefficient (Wildman–Crippen LogP) is 8.24. The molecular formula is C32H29N. The fraction of sp³-hybridized carbons (Fsp3) is 0.156. The molecule has 33 heavy (non-hydrogen) atoms. The van der Waals surface area contributed by atoms with Crippen LogP contribution in [0.3, 0.4) is 0 Å². The average molecular weight is 428 g/mol. The summed E-state index contributed by atoms with van der Waals surface area (Å²) in [7, 11) is 0. The first-order chi connectivity index (χ1) is 16.1. The van der Waals surface area contributed by atoms with Gasteiger partial charge in [0.2, 0.25) is 0 Å². The first kappa shape index (κ1) is 21.2. The Bertz CT molecular complexity index is 1340. The zero-order chi connectivity index (χ0) is 22.8. The third kappa shape index (κ3) is 4.19. The van der Waals surface area contributed by atoms with Crippen LogP contribution in [0.15, 0.2) is 96.0 Å². The van der Waals surface area contributed by atoms with Crippen molar-refractivity contribution in [1.29, 1.82) is 0 Å². The highest BCUT2D eigenvalue weighted by Crippen LogP contribution is 2.46. The molecule has 0 aromatic heterocycles. The fourth-order valence-corrected chi connectivity index (χ4v) is 5.15. The maximum absolute atomic E-state index is 4.89. The molecule has 5 rings (SSSR count). The van der Waals surface area contributed by atoms with Crippen molar-refractivity contribution in [1.82, 2.24) is 0 Å². The number of aryl methyl sites for hydroxylation is 3. The Labute approximate surface area is 197 Å². The Hall–Kier alpha value is -3.71. The molecule has 0 aliphatic heterocycles. The van der Waals surface area contributed by atoms with Gasteiger partial charge in [-0.15, -0.1) is 0 Å². The molecule has 0 radical (unpaired) electrons. The Balaban J connectivity index is 1.52. The zero-order valence-corrected chi connectivity index (χ0v) is 19.5. The molecule has 0 N–H and O–H groups in total. The maximum Gasteiger partial charge on any atom is 0.0684 e. The van der Waals surface area contributed by atoms with Gasteiger partial charge in [0.25, 0.3) is 0 Å². The monoisotopic (exact) mass is 427 g/mol. The smallest absolute Gasteiger partial charge is 0.0684 e. The number of hydrogen-bond donors (Lipinski definition) is 0. The third-order valence-electron chi connectivity index (χ3n) is 6.57. The molecule has 0 amide bonds. The summed E-state index contributed by atoms with van der Waals surface area (Å²) in [6, 6.07) is 32.8. The largest absolute Gasteiger partial charge is 0.260 e. The van der Waals surface area contributed by atoms with Crippen LogP contribution in [-0.2, 0) is 6.42 Å². The van der Waals surface area contributed by atoms with E-state index in [-0.39, 0.29) is 5.92 Å². The SMILES string of the molecule is Cc1cc(C)c(N=CCc2ccccc2C2C(c3ccccc3)=Cc3ccccc32)c(C)c1. The van der Waals surface area contributed by atoms with Crippen molar-refractivity contribution >= 4 is 23.6 Å². The van der Waals surface area contributed by atoms with E-state index in [0.717, 1.165) is 12.1 Å². The molecule has 0 fully saturated rings. The van der Waals surface area contributed by atoms with Crippen molar-refractivity contribution in [3.8, 4) is 0 Å². The molecule has 0 saturated heterocycles. The minimum atomic E-state index is 0.232. The van der Waals surface area contributed by atoms with Gasteiger partial charge >= 0.3 is 0 Å². The molecule has 4 aromatic rings. The normalized spacial score (nSPS) is 15.0. The van der Waals surface area contributed by atoms with Crippen molar-refractivity contribution in [3.05, 3.63) is 136 Å². The molecule has 1 aliphatic rings. The third-order valence-corrected chi connectivity index (χ3v) is 6.57. The van der Waals surface area contributed by atoms with Gasteiger partial charge in [0.15, 0.2) is 0 Å². The van der Waals surface area contributed by atoms with Crippen LogP contribution in [0.1, 0.15) is 50.4 Å². The van der Waals surface area contributed by atoms with Gasteiger partial charge in [-0.3, -0.25) is 4.99 Å². The van der Waals surface area contributed by atoms with Crippen LogP contribution in [0.5, 0.6) is 0 Å². The molecule has 1 atom stereocenters. The van der Waals surface area contributed by atoms with E-state index >= 15 is 0 Å². The summed E-state index contributed by atoms with van der Waals surface area (Å²) in [5.41, 5.74) is 12.9. The van der Waals surface area contributed by atoms with E-state index in [1.54, 1.807) is 0 Å². The number of allylic oxidation sites excluding steroid dienone is 1. The first-order valence-electron chi connectivity index (χ1n) is 11.7. The maximum atomic E-state index is 4.89. The first-order valence-corrected chi connectivity index (χ1v) is 11.7. The van der Waals surface area contributed by atoms with E-state index < -0.39 is 0 Å². The van der Waals surface area contributed by atoms with Crippen LogP contribution in [-0.4, -0.2) is 6.21 Å². The van der Waals surface area contributed by atoms with Gasteiger partial charge in [0, 0.05) is 18.6 Å². The molecular weight excluding hydrogens is 398 g/mol. The number of hydrogen-bond acceptors (Lipinski definition) is 1. The number of rotatable bonds is 5. The second-order valence-corrected chi connectivity index (χ2v) is 8.99. The summed E-state index contributed by atoms with van der Waals surface area (Å²) in [6.07, 6.45) is 5.25. The molecule has 1 heteroatoms. The van der Waals surface area contributed by atoms with Gasteiger partial charge in [-0.1, -0.05) is 96.6 Å². The number of fused-ring (bicyclic) bond motifs is 1. The zero-order valence-electron chi connectivity index (χ0n) is 19.5. The van der Waals surface area contributed by atoms with Gasteiger partial charge in [0.05, 0.1) is 5.69 Å². The fourth-order valence-electron chi connectivity index (χ4n) is 5.15. The van der Waals surface area contributed by atoms with Crippen molar-refractivity contribution in [2.45, 2.75) is 33.1 Å². The van der Waals surface area contributed by atoms with Gasteiger partial charge in [-0.25, -0.2) is 0 Å². The van der Waals surface area contributed by atoms with Crippen molar-refractivity contribution in [3.63, 3.8) is 0 Å². The molecule has 4 aromatic carbocycles. The van der Waals surface area contributed by atoms with Crippen LogP contribution in [0.4, 0.5) is 5.69 Å². The van der Waals surface area contributed by atoms with Crippen LogP contribution >= 0.6 is 0 Å². The number of nitrogens with zero attached hydrogens (tertiary/aromatic N) is 1. The summed E-state index contributed by atoms with van der Waals surface area (Å²) in [4.78, 5) is 4.89. The number of aliphatic imine (C=N–C) groups is 1. The van der Waals surface area contributed by atoms with E-state index in [0.29, 0.717) is 0 Å². The highest BCUT2D eigenvalue weighted by Gasteiger charge is 2.28. The van der Waals surface area contributed by atoms with E-state index in [1.165, 1.54) is 50.1 Å². The topological polar surface area (TPSA) is 12.4 Å². The minimum Gasteiger partial charge on any atom is -0.260 e. The summed E-state index contributed by atoms with van der Waals surface area (Å²) in [6.45, 7) is 6.43. The van der Waals surface area contributed by atoms with E-state index in [1.807, 2.05) is 0 Å². The Morgan fingerprint density at radius 1 is 0.727 bits per heavy atom. The van der Waals surface area contributed by atoms with Crippen LogP contribution < -0.4 is 0 Å². The minimum absolute atomic E-state index is 0.232. The average Bonchev–Trinajstić information content (AvgIpc) is 3.21. The van der Waals surface area contributed by atoms with Gasteiger partial charge in [-0.2, -0.15) is 0 Å². The van der Waals surface area contributed by atoms with Crippen LogP contribution in [0, 0.1) is 20.8 Å². The Morgan fingerprint density at radius 3 is 2.12 bits per heavy atom. The van der Waals surface area contributed by atoms with Crippen molar-refractivity contribution in [2.75, 3.05) is 0 Å². The lowest BCUT2D eigenvalue weighted by atomic mass is 9.82. The molecule has 1 nitrogen and oxygen atoms in total. The molecule has 0 bridgehead atoms. The second kappa shape index (κ2) is 9.03. The second-order valence-electron chi connectivity index (χ2n) is 8.99. The highest BCUT2D eigenvalue weighted by molar-refractivity contribution is 5.94. The van der Waals surface area contributed by atoms with Crippen LogP contribution in [0.2, 0.25) is 0 Å². The standard InChI is InChI=1S/C32H29N/c1-22-19-23(2)32(24(3)20-22)33-18-17-26-13-7-9-15-28(26)31-29-16-10-8-14-27(29)21-30(31)25-11-5-4-6-12-25/h4-16,18-21,31H,17H2,1-3H3. The summed E-state index contributed by atoms with van der Waals surface area (Å²) >= 11 is 0. The molecule has 1 aliphatic carbocycles. The van der Waals surface area contributed by atoms with E-state index in [2.05, 4.69) is 124 Å². The van der Waals surface area contributed by atoms with Gasteiger partial charge < -0.3 is 0 Å². The molecule has 1 unspecified atom stereocenters. The quantitative estimate of drug-likeness (QED) is 0.284. The molecule has 0 spiro atoms. The lowest BCUT2D eigenvalue weighted by Crippen LogP contribution is -2.05. The highest BCUT2D eigenvalue weighted by atomic mass is 14.7. The van der Waals surface area contributed by atoms with E-state index in [4.69, 9.17) is 4.99 Å². The van der Waals surface area contributed by atoms with Gasteiger partial charge in [0.1, 0.15) is 0 Å². The Morgan fingerprint density at radius 2 is 1.36 bits per heavy atom.